The Balaban J connectivity index is 1.83. The fourth-order valence-electron chi connectivity index (χ4n) is 3.82. The zero-order valence-electron chi connectivity index (χ0n) is 15.7. The number of esters is 1. The molecule has 2 aliphatic rings. The van der Waals surface area contributed by atoms with Gasteiger partial charge in [-0.15, -0.1) is 0 Å². The first-order valence-electron chi connectivity index (χ1n) is 9.47. The second kappa shape index (κ2) is 6.96. The number of hydrogen-bond acceptors (Lipinski definition) is 5. The first kappa shape index (κ1) is 18.0. The van der Waals surface area contributed by atoms with Crippen molar-refractivity contribution in [2.45, 2.75) is 25.8 Å². The second-order valence-electron chi connectivity index (χ2n) is 7.24. The molecule has 0 unspecified atom stereocenters. The maximum absolute atomic E-state index is 14.9. The summed E-state index contributed by atoms with van der Waals surface area (Å²) in [7, 11) is 1.24. The van der Waals surface area contributed by atoms with E-state index in [-0.39, 0.29) is 17.0 Å². The molecule has 2 fully saturated rings. The van der Waals surface area contributed by atoms with Gasteiger partial charge in [0.05, 0.1) is 18.3 Å². The summed E-state index contributed by atoms with van der Waals surface area (Å²) in [5, 5.41) is 0.234. The first-order chi connectivity index (χ1) is 13.0. The van der Waals surface area contributed by atoms with Gasteiger partial charge in [0.15, 0.2) is 0 Å². The van der Waals surface area contributed by atoms with Crippen molar-refractivity contribution in [2.24, 2.45) is 0 Å². The Hall–Kier alpha value is -2.41. The average Bonchev–Trinajstić information content (AvgIpc) is 3.53. The molecule has 2 heterocycles. The Morgan fingerprint density at radius 2 is 1.93 bits per heavy atom. The third-order valence-corrected chi connectivity index (χ3v) is 5.61. The molecule has 2 aromatic rings. The van der Waals surface area contributed by atoms with E-state index in [2.05, 4.69) is 11.8 Å². The number of ether oxygens (including phenoxy) is 1. The van der Waals surface area contributed by atoms with Crippen molar-refractivity contribution in [1.29, 1.82) is 0 Å². The van der Waals surface area contributed by atoms with E-state index in [1.165, 1.54) is 13.2 Å². The number of piperazine rings is 1. The lowest BCUT2D eigenvalue weighted by Crippen LogP contribution is -2.46. The SMILES string of the molecule is CCN1CCN(c2cc3c(cc2F)c(=O)c(C(=O)OC)cn3C2CC2)CC1. The van der Waals surface area contributed by atoms with Crippen molar-refractivity contribution in [3.63, 3.8) is 0 Å². The van der Waals surface area contributed by atoms with Crippen LogP contribution in [0.3, 0.4) is 0 Å². The summed E-state index contributed by atoms with van der Waals surface area (Å²) in [6.45, 7) is 6.41. The molecule has 0 radical (unpaired) electrons. The van der Waals surface area contributed by atoms with E-state index in [1.54, 1.807) is 12.3 Å². The maximum Gasteiger partial charge on any atom is 0.343 e. The van der Waals surface area contributed by atoms with Crippen molar-refractivity contribution in [2.75, 3.05) is 44.7 Å². The lowest BCUT2D eigenvalue weighted by molar-refractivity contribution is 0.0598. The van der Waals surface area contributed by atoms with Crippen LogP contribution in [0.2, 0.25) is 0 Å². The number of hydrogen-bond donors (Lipinski definition) is 0. The number of anilines is 1. The van der Waals surface area contributed by atoms with Crippen molar-refractivity contribution in [3.8, 4) is 0 Å². The highest BCUT2D eigenvalue weighted by atomic mass is 19.1. The number of carbonyl (C=O) groups excluding carboxylic acids is 1. The van der Waals surface area contributed by atoms with Gasteiger partial charge in [0.1, 0.15) is 11.4 Å². The number of rotatable bonds is 4. The van der Waals surface area contributed by atoms with Crippen molar-refractivity contribution in [1.82, 2.24) is 9.47 Å². The van der Waals surface area contributed by atoms with Crippen LogP contribution >= 0.6 is 0 Å². The summed E-state index contributed by atoms with van der Waals surface area (Å²) in [6, 6.07) is 3.30. The number of nitrogens with zero attached hydrogens (tertiary/aromatic N) is 3. The zero-order chi connectivity index (χ0) is 19.1. The number of likely N-dealkylation sites (N-methyl/N-ethyl adjacent to an activating group) is 1. The van der Waals surface area contributed by atoms with Crippen LogP contribution in [-0.2, 0) is 4.74 Å². The topological polar surface area (TPSA) is 54.8 Å². The molecular weight excluding hydrogens is 349 g/mol. The molecule has 1 aliphatic heterocycles. The molecule has 7 heteroatoms. The van der Waals surface area contributed by atoms with Gasteiger partial charge in [0.2, 0.25) is 5.43 Å². The van der Waals surface area contributed by atoms with Gasteiger partial charge in [-0.3, -0.25) is 4.79 Å². The number of benzene rings is 1. The van der Waals surface area contributed by atoms with E-state index >= 15 is 0 Å². The van der Waals surface area contributed by atoms with Gasteiger partial charge in [0, 0.05) is 43.8 Å². The number of aromatic nitrogens is 1. The van der Waals surface area contributed by atoms with E-state index in [9.17, 15) is 14.0 Å². The summed E-state index contributed by atoms with van der Waals surface area (Å²) in [5.41, 5.74) is 0.693. The summed E-state index contributed by atoms with van der Waals surface area (Å²) in [4.78, 5) is 29.1. The molecule has 0 bridgehead atoms. The number of fused-ring (bicyclic) bond motifs is 1. The predicted octanol–water partition coefficient (Wildman–Crippen LogP) is 2.40. The number of carbonyl (C=O) groups is 1. The van der Waals surface area contributed by atoms with Crippen LogP contribution in [0.1, 0.15) is 36.2 Å². The van der Waals surface area contributed by atoms with Crippen LogP contribution in [0, 0.1) is 5.82 Å². The molecule has 0 atom stereocenters. The van der Waals surface area contributed by atoms with Gasteiger partial charge in [-0.2, -0.15) is 0 Å². The standard InChI is InChI=1S/C20H24FN3O3/c1-3-22-6-8-23(9-7-22)18-11-17-14(10-16(18)21)19(25)15(20(26)27-2)12-24(17)13-4-5-13/h10-13H,3-9H2,1-2H3. The third kappa shape index (κ3) is 3.20. The molecule has 1 aromatic heterocycles. The van der Waals surface area contributed by atoms with Crippen molar-refractivity contribution in [3.05, 3.63) is 39.9 Å². The molecular formula is C20H24FN3O3. The second-order valence-corrected chi connectivity index (χ2v) is 7.24. The van der Waals surface area contributed by atoms with Crippen molar-refractivity contribution >= 4 is 22.6 Å². The van der Waals surface area contributed by atoms with E-state index in [0.717, 1.165) is 45.6 Å². The quantitative estimate of drug-likeness (QED) is 0.771. The maximum atomic E-state index is 14.9. The highest BCUT2D eigenvalue weighted by molar-refractivity contribution is 5.94. The Morgan fingerprint density at radius 3 is 2.52 bits per heavy atom. The van der Waals surface area contributed by atoms with Crippen LogP contribution in [0.25, 0.3) is 10.9 Å². The zero-order valence-corrected chi connectivity index (χ0v) is 15.7. The molecule has 0 spiro atoms. The molecule has 27 heavy (non-hydrogen) atoms. The molecule has 1 aliphatic carbocycles. The summed E-state index contributed by atoms with van der Waals surface area (Å²) < 4.78 is 21.6. The highest BCUT2D eigenvalue weighted by Gasteiger charge is 2.28. The third-order valence-electron chi connectivity index (χ3n) is 5.61. The van der Waals surface area contributed by atoms with Crippen LogP contribution < -0.4 is 10.3 Å². The minimum Gasteiger partial charge on any atom is -0.465 e. The van der Waals surface area contributed by atoms with E-state index < -0.39 is 17.2 Å². The van der Waals surface area contributed by atoms with E-state index in [1.807, 2.05) is 9.47 Å². The summed E-state index contributed by atoms with van der Waals surface area (Å²) >= 11 is 0. The molecule has 1 aromatic carbocycles. The Morgan fingerprint density at radius 1 is 1.22 bits per heavy atom. The Labute approximate surface area is 157 Å². The smallest absolute Gasteiger partial charge is 0.343 e. The summed E-state index contributed by atoms with van der Waals surface area (Å²) in [6.07, 6.45) is 3.55. The largest absolute Gasteiger partial charge is 0.465 e. The summed E-state index contributed by atoms with van der Waals surface area (Å²) in [5.74, 6) is -1.11. The lowest BCUT2D eigenvalue weighted by Gasteiger charge is -2.35. The molecule has 144 valence electrons. The predicted molar refractivity (Wildman–Crippen MR) is 102 cm³/mol. The minimum atomic E-state index is -0.684. The molecule has 4 rings (SSSR count). The monoisotopic (exact) mass is 373 g/mol. The molecule has 6 nitrogen and oxygen atoms in total. The van der Waals surface area contributed by atoms with Gasteiger partial charge in [-0.05, 0) is 31.5 Å². The van der Waals surface area contributed by atoms with Gasteiger partial charge in [-0.25, -0.2) is 9.18 Å². The van der Waals surface area contributed by atoms with E-state index in [0.29, 0.717) is 11.2 Å². The van der Waals surface area contributed by atoms with Crippen LogP contribution in [0.5, 0.6) is 0 Å². The van der Waals surface area contributed by atoms with Gasteiger partial charge < -0.3 is 19.1 Å². The Kier molecular flexibility index (Phi) is 4.63. The average molecular weight is 373 g/mol. The number of halogens is 1. The first-order valence-corrected chi connectivity index (χ1v) is 9.47. The van der Waals surface area contributed by atoms with Gasteiger partial charge >= 0.3 is 5.97 Å². The number of pyridine rings is 1. The van der Waals surface area contributed by atoms with Gasteiger partial charge in [-0.1, -0.05) is 6.92 Å². The molecule has 1 saturated heterocycles. The normalized spacial score (nSPS) is 18.1. The molecule has 0 N–H and O–H groups in total. The van der Waals surface area contributed by atoms with E-state index in [4.69, 9.17) is 4.74 Å². The Bertz CT molecular complexity index is 944. The van der Waals surface area contributed by atoms with Crippen LogP contribution in [-0.4, -0.2) is 55.3 Å². The molecule has 1 saturated carbocycles. The van der Waals surface area contributed by atoms with Crippen molar-refractivity contribution < 1.29 is 13.9 Å². The van der Waals surface area contributed by atoms with Crippen LogP contribution in [0.4, 0.5) is 10.1 Å². The fraction of sp³-hybridized carbons (Fsp3) is 0.500. The lowest BCUT2D eigenvalue weighted by atomic mass is 10.1. The number of methoxy groups -OCH3 is 1. The van der Waals surface area contributed by atoms with Crippen LogP contribution in [0.15, 0.2) is 23.1 Å². The van der Waals surface area contributed by atoms with Gasteiger partial charge in [0.25, 0.3) is 0 Å². The molecule has 0 amide bonds. The highest BCUT2D eigenvalue weighted by Crippen LogP contribution is 2.38. The fourth-order valence-corrected chi connectivity index (χ4v) is 3.82. The minimum absolute atomic E-state index is 0.0411.